The van der Waals surface area contributed by atoms with Gasteiger partial charge in [-0.25, -0.2) is 0 Å². The molecule has 0 saturated heterocycles. The average molecular weight is 439 g/mol. The Bertz CT molecular complexity index is 782. The maximum Gasteiger partial charge on any atom is 0.242 e. The molecule has 2 aromatic rings. The minimum atomic E-state index is -0.506. The fourth-order valence-corrected chi connectivity index (χ4v) is 3.90. The SMILES string of the molecule is CC[C@H](C(=O)NC)N(Cc1ccc(Cl)cc1)C(=O)CCSc1ccc(Cl)cc1. The van der Waals surface area contributed by atoms with Gasteiger partial charge in [-0.15, -0.1) is 11.8 Å². The van der Waals surface area contributed by atoms with E-state index in [1.54, 1.807) is 35.8 Å². The van der Waals surface area contributed by atoms with Crippen LogP contribution in [0.25, 0.3) is 0 Å². The first-order valence-corrected chi connectivity index (χ1v) is 10.8. The van der Waals surface area contributed by atoms with E-state index in [1.165, 1.54) is 0 Å². The minimum Gasteiger partial charge on any atom is -0.357 e. The lowest BCUT2D eigenvalue weighted by molar-refractivity contribution is -0.140. The standard InChI is InChI=1S/C21H24Cl2N2O2S/c1-3-19(21(27)24-2)25(14-15-4-6-16(22)7-5-15)20(26)12-13-28-18-10-8-17(23)9-11-18/h4-11,19H,3,12-14H2,1-2H3,(H,24,27)/t19-/m1/s1. The molecule has 7 heteroatoms. The Labute approximate surface area is 180 Å². The molecule has 0 aliphatic carbocycles. The molecule has 1 N–H and O–H groups in total. The molecule has 0 fully saturated rings. The number of rotatable bonds is 9. The number of thioether (sulfide) groups is 1. The molecule has 0 aliphatic rings. The molecule has 2 rings (SSSR count). The van der Waals surface area contributed by atoms with E-state index in [9.17, 15) is 9.59 Å². The van der Waals surface area contributed by atoms with Crippen molar-refractivity contribution in [2.45, 2.75) is 37.2 Å². The molecule has 0 spiro atoms. The number of hydrogen-bond donors (Lipinski definition) is 1. The largest absolute Gasteiger partial charge is 0.357 e. The van der Waals surface area contributed by atoms with Gasteiger partial charge in [-0.3, -0.25) is 9.59 Å². The lowest BCUT2D eigenvalue weighted by Gasteiger charge is -2.30. The molecule has 0 unspecified atom stereocenters. The summed E-state index contributed by atoms with van der Waals surface area (Å²) in [5, 5.41) is 3.99. The van der Waals surface area contributed by atoms with E-state index < -0.39 is 6.04 Å². The minimum absolute atomic E-state index is 0.0492. The van der Waals surface area contributed by atoms with Gasteiger partial charge < -0.3 is 10.2 Å². The van der Waals surface area contributed by atoms with Crippen molar-refractivity contribution in [2.24, 2.45) is 0 Å². The Morgan fingerprint density at radius 1 is 1.04 bits per heavy atom. The van der Waals surface area contributed by atoms with Crippen molar-refractivity contribution >= 4 is 46.8 Å². The van der Waals surface area contributed by atoms with E-state index in [1.807, 2.05) is 43.3 Å². The fraction of sp³-hybridized carbons (Fsp3) is 0.333. The molecule has 0 bridgehead atoms. The van der Waals surface area contributed by atoms with Gasteiger partial charge in [0.2, 0.25) is 11.8 Å². The van der Waals surface area contributed by atoms with Crippen LogP contribution in [0.4, 0.5) is 0 Å². The van der Waals surface area contributed by atoms with Crippen LogP contribution in [0.1, 0.15) is 25.3 Å². The summed E-state index contributed by atoms with van der Waals surface area (Å²) in [5.74, 6) is 0.420. The first-order chi connectivity index (χ1) is 13.4. The highest BCUT2D eigenvalue weighted by atomic mass is 35.5. The molecule has 0 aromatic heterocycles. The summed E-state index contributed by atoms with van der Waals surface area (Å²) in [6, 6.07) is 14.4. The third kappa shape index (κ3) is 6.73. The monoisotopic (exact) mass is 438 g/mol. The van der Waals surface area contributed by atoms with Gasteiger partial charge in [0, 0.05) is 40.7 Å². The Balaban J connectivity index is 2.07. The quantitative estimate of drug-likeness (QED) is 0.558. The second kappa shape index (κ2) is 11.3. The summed E-state index contributed by atoms with van der Waals surface area (Å²) in [5.41, 5.74) is 0.936. The van der Waals surface area contributed by atoms with Crippen LogP contribution in [-0.4, -0.2) is 35.6 Å². The van der Waals surface area contributed by atoms with Crippen molar-refractivity contribution in [1.82, 2.24) is 10.2 Å². The van der Waals surface area contributed by atoms with Gasteiger partial charge in [0.25, 0.3) is 0 Å². The number of likely N-dealkylation sites (N-methyl/N-ethyl adjacent to an activating group) is 1. The van der Waals surface area contributed by atoms with E-state index in [4.69, 9.17) is 23.2 Å². The molecule has 4 nitrogen and oxygen atoms in total. The maximum atomic E-state index is 13.0. The first kappa shape index (κ1) is 22.6. The lowest BCUT2D eigenvalue weighted by atomic mass is 10.1. The van der Waals surface area contributed by atoms with Gasteiger partial charge in [-0.2, -0.15) is 0 Å². The molecule has 0 radical (unpaired) electrons. The van der Waals surface area contributed by atoms with Gasteiger partial charge in [0.15, 0.2) is 0 Å². The zero-order valence-electron chi connectivity index (χ0n) is 16.0. The van der Waals surface area contributed by atoms with Crippen LogP contribution in [0, 0.1) is 0 Å². The number of nitrogens with one attached hydrogen (secondary N) is 1. The van der Waals surface area contributed by atoms with E-state index in [0.29, 0.717) is 35.2 Å². The van der Waals surface area contributed by atoms with Gasteiger partial charge in [0.1, 0.15) is 6.04 Å². The summed E-state index contributed by atoms with van der Waals surface area (Å²) in [6.45, 7) is 2.28. The van der Waals surface area contributed by atoms with Crippen molar-refractivity contribution < 1.29 is 9.59 Å². The lowest BCUT2D eigenvalue weighted by Crippen LogP contribution is -2.48. The molecule has 0 saturated carbocycles. The number of nitrogens with zero attached hydrogens (tertiary/aromatic N) is 1. The van der Waals surface area contributed by atoms with Gasteiger partial charge in [0.05, 0.1) is 0 Å². The third-order valence-corrected chi connectivity index (χ3v) is 5.81. The van der Waals surface area contributed by atoms with Crippen LogP contribution < -0.4 is 5.32 Å². The summed E-state index contributed by atoms with van der Waals surface area (Å²) in [7, 11) is 1.59. The maximum absolute atomic E-state index is 13.0. The Hall–Kier alpha value is -1.69. The highest BCUT2D eigenvalue weighted by Crippen LogP contribution is 2.22. The summed E-state index contributed by atoms with van der Waals surface area (Å²) < 4.78 is 0. The average Bonchev–Trinajstić information content (AvgIpc) is 2.70. The summed E-state index contributed by atoms with van der Waals surface area (Å²) in [4.78, 5) is 28.0. The molecule has 150 valence electrons. The second-order valence-electron chi connectivity index (χ2n) is 6.24. The van der Waals surface area contributed by atoms with Crippen LogP contribution >= 0.6 is 35.0 Å². The number of halogens is 2. The summed E-state index contributed by atoms with van der Waals surface area (Å²) in [6.07, 6.45) is 0.887. The van der Waals surface area contributed by atoms with Crippen LogP contribution in [0.5, 0.6) is 0 Å². The Morgan fingerprint density at radius 2 is 1.61 bits per heavy atom. The number of benzene rings is 2. The third-order valence-electron chi connectivity index (χ3n) is 4.30. The molecular weight excluding hydrogens is 415 g/mol. The van der Waals surface area contributed by atoms with Gasteiger partial charge in [-0.1, -0.05) is 42.3 Å². The van der Waals surface area contributed by atoms with Crippen LogP contribution in [-0.2, 0) is 16.1 Å². The zero-order chi connectivity index (χ0) is 20.5. The number of carbonyl (C=O) groups excluding carboxylic acids is 2. The fourth-order valence-electron chi connectivity index (χ4n) is 2.80. The molecular formula is C21H24Cl2N2O2S. The molecule has 0 heterocycles. The Kier molecular flexibility index (Phi) is 9.16. The van der Waals surface area contributed by atoms with E-state index in [0.717, 1.165) is 10.5 Å². The Morgan fingerprint density at radius 3 is 2.14 bits per heavy atom. The zero-order valence-corrected chi connectivity index (χ0v) is 18.3. The van der Waals surface area contributed by atoms with E-state index in [-0.39, 0.29) is 11.8 Å². The summed E-state index contributed by atoms with van der Waals surface area (Å²) >= 11 is 13.4. The number of hydrogen-bond acceptors (Lipinski definition) is 3. The molecule has 28 heavy (non-hydrogen) atoms. The number of amides is 2. The van der Waals surface area contributed by atoms with E-state index >= 15 is 0 Å². The van der Waals surface area contributed by atoms with Crippen molar-refractivity contribution in [3.05, 3.63) is 64.1 Å². The number of carbonyl (C=O) groups is 2. The molecule has 2 aromatic carbocycles. The highest BCUT2D eigenvalue weighted by Gasteiger charge is 2.27. The van der Waals surface area contributed by atoms with Crippen LogP contribution in [0.15, 0.2) is 53.4 Å². The smallest absolute Gasteiger partial charge is 0.242 e. The molecule has 1 atom stereocenters. The van der Waals surface area contributed by atoms with Crippen molar-refractivity contribution in [3.63, 3.8) is 0 Å². The van der Waals surface area contributed by atoms with Crippen LogP contribution in [0.2, 0.25) is 10.0 Å². The molecule has 2 amide bonds. The predicted octanol–water partition coefficient (Wildman–Crippen LogP) is 5.03. The predicted molar refractivity (Wildman–Crippen MR) is 117 cm³/mol. The topological polar surface area (TPSA) is 49.4 Å². The van der Waals surface area contributed by atoms with Crippen LogP contribution in [0.3, 0.4) is 0 Å². The normalized spacial score (nSPS) is 11.7. The second-order valence-corrected chi connectivity index (χ2v) is 8.28. The van der Waals surface area contributed by atoms with Crippen molar-refractivity contribution in [1.29, 1.82) is 0 Å². The highest BCUT2D eigenvalue weighted by molar-refractivity contribution is 7.99. The molecule has 0 aliphatic heterocycles. The van der Waals surface area contributed by atoms with Crippen molar-refractivity contribution in [2.75, 3.05) is 12.8 Å². The van der Waals surface area contributed by atoms with Gasteiger partial charge in [-0.05, 0) is 48.4 Å². The first-order valence-electron chi connectivity index (χ1n) is 9.08. The van der Waals surface area contributed by atoms with Gasteiger partial charge >= 0.3 is 0 Å². The van der Waals surface area contributed by atoms with Crippen molar-refractivity contribution in [3.8, 4) is 0 Å². The van der Waals surface area contributed by atoms with E-state index in [2.05, 4.69) is 5.32 Å².